The predicted octanol–water partition coefficient (Wildman–Crippen LogP) is 2.79. The zero-order valence-corrected chi connectivity index (χ0v) is 14.6. The minimum absolute atomic E-state index is 0. The number of thiazole rings is 1. The van der Waals surface area contributed by atoms with E-state index in [4.69, 9.17) is 0 Å². The predicted molar refractivity (Wildman–Crippen MR) is 90.0 cm³/mol. The van der Waals surface area contributed by atoms with E-state index in [0.717, 1.165) is 30.4 Å². The average molecular weight is 382 g/mol. The Kier molecular flexibility index (Phi) is 9.35. The minimum atomic E-state index is 0. The molecule has 0 bridgehead atoms. The Balaban J connectivity index is 0.00000289. The van der Waals surface area contributed by atoms with Crippen molar-refractivity contribution in [1.82, 2.24) is 15.6 Å². The van der Waals surface area contributed by atoms with E-state index < -0.39 is 0 Å². The van der Waals surface area contributed by atoms with Crippen LogP contribution in [0.3, 0.4) is 0 Å². The van der Waals surface area contributed by atoms with Gasteiger partial charge in [0.15, 0.2) is 5.96 Å². The fourth-order valence-electron chi connectivity index (χ4n) is 1.28. The molecule has 6 heteroatoms. The summed E-state index contributed by atoms with van der Waals surface area (Å²) >= 11 is 1.75. The SMILES string of the molecule is CCc1cnc(CNC(=NC)NC(C)CC)s1.I. The molecule has 0 amide bonds. The molecule has 0 aromatic carbocycles. The lowest BCUT2D eigenvalue weighted by atomic mass is 10.3. The first kappa shape index (κ1) is 17.6. The monoisotopic (exact) mass is 382 g/mol. The molecule has 0 saturated carbocycles. The Morgan fingerprint density at radius 2 is 2.22 bits per heavy atom. The summed E-state index contributed by atoms with van der Waals surface area (Å²) < 4.78 is 0. The van der Waals surface area contributed by atoms with Crippen molar-refractivity contribution < 1.29 is 0 Å². The van der Waals surface area contributed by atoms with Crippen molar-refractivity contribution >= 4 is 41.3 Å². The van der Waals surface area contributed by atoms with Crippen LogP contribution >= 0.6 is 35.3 Å². The molecular formula is C12H23IN4S. The van der Waals surface area contributed by atoms with Crippen molar-refractivity contribution in [2.24, 2.45) is 4.99 Å². The molecule has 1 aromatic heterocycles. The second kappa shape index (κ2) is 9.55. The van der Waals surface area contributed by atoms with Crippen LogP contribution in [0.4, 0.5) is 0 Å². The van der Waals surface area contributed by atoms with Crippen LogP contribution in [0.2, 0.25) is 0 Å². The van der Waals surface area contributed by atoms with Gasteiger partial charge in [0.05, 0.1) is 6.54 Å². The molecule has 1 unspecified atom stereocenters. The number of nitrogens with zero attached hydrogens (tertiary/aromatic N) is 2. The third-order valence-electron chi connectivity index (χ3n) is 2.58. The van der Waals surface area contributed by atoms with Gasteiger partial charge in [0.2, 0.25) is 0 Å². The highest BCUT2D eigenvalue weighted by Crippen LogP contribution is 2.12. The maximum absolute atomic E-state index is 4.37. The van der Waals surface area contributed by atoms with Crippen LogP contribution in [0, 0.1) is 0 Å². The van der Waals surface area contributed by atoms with E-state index in [-0.39, 0.29) is 24.0 Å². The molecule has 18 heavy (non-hydrogen) atoms. The molecule has 0 spiro atoms. The average Bonchev–Trinajstić information content (AvgIpc) is 2.82. The lowest BCUT2D eigenvalue weighted by Gasteiger charge is -2.15. The van der Waals surface area contributed by atoms with E-state index in [1.807, 2.05) is 6.20 Å². The van der Waals surface area contributed by atoms with Crippen molar-refractivity contribution in [3.05, 3.63) is 16.1 Å². The fraction of sp³-hybridized carbons (Fsp3) is 0.667. The second-order valence-corrected chi connectivity index (χ2v) is 5.15. The van der Waals surface area contributed by atoms with E-state index in [1.165, 1.54) is 4.88 Å². The molecule has 2 N–H and O–H groups in total. The van der Waals surface area contributed by atoms with Gasteiger partial charge in [0, 0.05) is 24.2 Å². The first-order chi connectivity index (χ1) is 8.19. The number of nitrogens with one attached hydrogen (secondary N) is 2. The van der Waals surface area contributed by atoms with Crippen LogP contribution in [0.25, 0.3) is 0 Å². The maximum Gasteiger partial charge on any atom is 0.191 e. The van der Waals surface area contributed by atoms with Crippen molar-refractivity contribution in [2.45, 2.75) is 46.2 Å². The molecule has 104 valence electrons. The van der Waals surface area contributed by atoms with Crippen molar-refractivity contribution in [1.29, 1.82) is 0 Å². The minimum Gasteiger partial charge on any atom is -0.354 e. The van der Waals surface area contributed by atoms with Crippen molar-refractivity contribution in [2.75, 3.05) is 7.05 Å². The summed E-state index contributed by atoms with van der Waals surface area (Å²) in [6.07, 6.45) is 4.09. The number of rotatable bonds is 5. The van der Waals surface area contributed by atoms with Crippen LogP contribution in [-0.4, -0.2) is 24.0 Å². The summed E-state index contributed by atoms with van der Waals surface area (Å²) in [5, 5.41) is 7.70. The lowest BCUT2D eigenvalue weighted by Crippen LogP contribution is -2.41. The van der Waals surface area contributed by atoms with Crippen LogP contribution in [0.15, 0.2) is 11.2 Å². The molecular weight excluding hydrogens is 359 g/mol. The number of aryl methyl sites for hydroxylation is 1. The molecule has 0 saturated heterocycles. The molecule has 0 aliphatic rings. The van der Waals surface area contributed by atoms with Gasteiger partial charge in [-0.1, -0.05) is 13.8 Å². The number of aromatic nitrogens is 1. The van der Waals surface area contributed by atoms with Gasteiger partial charge in [-0.2, -0.15) is 0 Å². The quantitative estimate of drug-likeness (QED) is 0.468. The third-order valence-corrected chi connectivity index (χ3v) is 3.72. The Morgan fingerprint density at radius 3 is 2.72 bits per heavy atom. The molecule has 1 rings (SSSR count). The van der Waals surface area contributed by atoms with E-state index >= 15 is 0 Å². The highest BCUT2D eigenvalue weighted by Gasteiger charge is 2.04. The van der Waals surface area contributed by atoms with Gasteiger partial charge in [0.1, 0.15) is 5.01 Å². The number of guanidine groups is 1. The van der Waals surface area contributed by atoms with Crippen molar-refractivity contribution in [3.8, 4) is 0 Å². The molecule has 0 fully saturated rings. The number of hydrogen-bond acceptors (Lipinski definition) is 3. The van der Waals surface area contributed by atoms with Gasteiger partial charge >= 0.3 is 0 Å². The van der Waals surface area contributed by atoms with E-state index in [0.29, 0.717) is 6.04 Å². The standard InChI is InChI=1S/C12H22N4S.HI/c1-5-9(3)16-12(13-4)15-8-11-14-7-10(6-2)17-11;/h7,9H,5-6,8H2,1-4H3,(H2,13,15,16);1H. The number of hydrogen-bond donors (Lipinski definition) is 2. The number of aliphatic imine (C=N–C) groups is 1. The number of halogens is 1. The third kappa shape index (κ3) is 5.99. The van der Waals surface area contributed by atoms with Gasteiger partial charge < -0.3 is 10.6 Å². The summed E-state index contributed by atoms with van der Waals surface area (Å²) in [6, 6.07) is 0.434. The molecule has 0 aliphatic heterocycles. The molecule has 1 atom stereocenters. The molecule has 1 aromatic rings. The van der Waals surface area contributed by atoms with Gasteiger partial charge in [-0.05, 0) is 19.8 Å². The van der Waals surface area contributed by atoms with Gasteiger partial charge in [0.25, 0.3) is 0 Å². The molecule has 0 radical (unpaired) electrons. The van der Waals surface area contributed by atoms with E-state index in [9.17, 15) is 0 Å². The lowest BCUT2D eigenvalue weighted by molar-refractivity contribution is 0.624. The van der Waals surface area contributed by atoms with E-state index in [1.54, 1.807) is 18.4 Å². The smallest absolute Gasteiger partial charge is 0.191 e. The Labute approximate surface area is 131 Å². The van der Waals surface area contributed by atoms with Gasteiger partial charge in [-0.3, -0.25) is 4.99 Å². The highest BCUT2D eigenvalue weighted by atomic mass is 127. The normalized spacial score (nSPS) is 12.8. The summed E-state index contributed by atoms with van der Waals surface area (Å²) in [7, 11) is 1.79. The topological polar surface area (TPSA) is 49.3 Å². The highest BCUT2D eigenvalue weighted by molar-refractivity contribution is 14.0. The Hall–Kier alpha value is -0.370. The first-order valence-corrected chi connectivity index (χ1v) is 6.92. The van der Waals surface area contributed by atoms with Gasteiger partial charge in [-0.15, -0.1) is 35.3 Å². The summed E-state index contributed by atoms with van der Waals surface area (Å²) in [5.74, 6) is 0.840. The first-order valence-electron chi connectivity index (χ1n) is 6.10. The summed E-state index contributed by atoms with van der Waals surface area (Å²) in [6.45, 7) is 7.18. The van der Waals surface area contributed by atoms with Crippen LogP contribution in [0.5, 0.6) is 0 Å². The molecule has 0 aliphatic carbocycles. The molecule has 1 heterocycles. The zero-order chi connectivity index (χ0) is 12.7. The zero-order valence-electron chi connectivity index (χ0n) is 11.5. The van der Waals surface area contributed by atoms with Crippen LogP contribution < -0.4 is 10.6 Å². The van der Waals surface area contributed by atoms with E-state index in [2.05, 4.69) is 41.4 Å². The summed E-state index contributed by atoms with van der Waals surface area (Å²) in [4.78, 5) is 9.88. The van der Waals surface area contributed by atoms with Crippen LogP contribution in [0.1, 0.15) is 37.1 Å². The van der Waals surface area contributed by atoms with Crippen LogP contribution in [-0.2, 0) is 13.0 Å². The largest absolute Gasteiger partial charge is 0.354 e. The van der Waals surface area contributed by atoms with Gasteiger partial charge in [-0.25, -0.2) is 4.98 Å². The second-order valence-electron chi connectivity index (χ2n) is 3.95. The molecule has 4 nitrogen and oxygen atoms in total. The Morgan fingerprint density at radius 1 is 1.50 bits per heavy atom. The maximum atomic E-state index is 4.37. The van der Waals surface area contributed by atoms with Crippen molar-refractivity contribution in [3.63, 3.8) is 0 Å². The summed E-state index contributed by atoms with van der Waals surface area (Å²) in [5.41, 5.74) is 0. The Bertz CT molecular complexity index is 365. The fourth-order valence-corrected chi connectivity index (χ4v) is 2.08.